The van der Waals surface area contributed by atoms with E-state index in [1.165, 1.54) is 57.8 Å². The Morgan fingerprint density at radius 3 is 2.07 bits per heavy atom. The van der Waals surface area contributed by atoms with Crippen LogP contribution in [0, 0.1) is 5.41 Å². The second kappa shape index (κ2) is 20.2. The first-order valence-electron chi connectivity index (χ1n) is 17.8. The van der Waals surface area contributed by atoms with Crippen LogP contribution in [0.15, 0.2) is 12.2 Å². The topological polar surface area (TPSA) is 105 Å². The van der Waals surface area contributed by atoms with E-state index in [1.807, 2.05) is 13.8 Å². The van der Waals surface area contributed by atoms with Gasteiger partial charge in [0.05, 0.1) is 19.1 Å². The molecule has 254 valence electrons. The largest absolute Gasteiger partial charge is 0.481 e. The van der Waals surface area contributed by atoms with Crippen LogP contribution in [0.25, 0.3) is 0 Å². The molecule has 0 aromatic heterocycles. The lowest BCUT2D eigenvalue weighted by molar-refractivity contribution is -0.306. The normalized spacial score (nSPS) is 23.0. The molecule has 1 saturated carbocycles. The van der Waals surface area contributed by atoms with Crippen LogP contribution in [0.3, 0.4) is 0 Å². The van der Waals surface area contributed by atoms with E-state index in [9.17, 15) is 19.5 Å². The number of nitrogens with one attached hydrogen (secondary N) is 1. The van der Waals surface area contributed by atoms with Crippen LogP contribution in [0.1, 0.15) is 157 Å². The number of aliphatic carboxylic acids is 1. The van der Waals surface area contributed by atoms with Gasteiger partial charge < -0.3 is 24.8 Å². The fourth-order valence-electron chi connectivity index (χ4n) is 6.39. The van der Waals surface area contributed by atoms with Crippen molar-refractivity contribution in [1.82, 2.24) is 10.2 Å². The lowest BCUT2D eigenvalue weighted by atomic mass is 9.83. The van der Waals surface area contributed by atoms with Crippen LogP contribution in [-0.2, 0) is 23.9 Å². The summed E-state index contributed by atoms with van der Waals surface area (Å²) in [5, 5.41) is 12.7. The zero-order valence-corrected chi connectivity index (χ0v) is 28.7. The first kappa shape index (κ1) is 38.3. The van der Waals surface area contributed by atoms with E-state index in [0.717, 1.165) is 51.4 Å². The van der Waals surface area contributed by atoms with Crippen molar-refractivity contribution >= 4 is 17.8 Å². The zero-order chi connectivity index (χ0) is 32.4. The first-order valence-corrected chi connectivity index (χ1v) is 17.8. The fourth-order valence-corrected chi connectivity index (χ4v) is 6.39. The summed E-state index contributed by atoms with van der Waals surface area (Å²) in [6.07, 6.45) is 23.5. The third-order valence-electron chi connectivity index (χ3n) is 9.12. The molecule has 0 radical (unpaired) electrons. The van der Waals surface area contributed by atoms with E-state index in [2.05, 4.69) is 24.4 Å². The van der Waals surface area contributed by atoms with Gasteiger partial charge in [-0.05, 0) is 58.8 Å². The highest BCUT2D eigenvalue weighted by atomic mass is 16.7. The number of rotatable bonds is 21. The Bertz CT molecular complexity index is 886. The maximum Gasteiger partial charge on any atom is 0.305 e. The minimum atomic E-state index is -0.948. The summed E-state index contributed by atoms with van der Waals surface area (Å²) < 4.78 is 11.9. The summed E-state index contributed by atoms with van der Waals surface area (Å²) in [6.45, 7) is 10.2. The number of amides is 2. The summed E-state index contributed by atoms with van der Waals surface area (Å²) >= 11 is 0. The van der Waals surface area contributed by atoms with Gasteiger partial charge in [0, 0.05) is 24.4 Å². The number of carbonyl (C=O) groups excluding carboxylic acids is 2. The number of carbonyl (C=O) groups is 3. The third kappa shape index (κ3) is 14.4. The predicted molar refractivity (Wildman–Crippen MR) is 176 cm³/mol. The molecule has 1 unspecified atom stereocenters. The number of unbranched alkanes of at least 4 members (excludes halogenated alkanes) is 11. The molecule has 1 aliphatic carbocycles. The van der Waals surface area contributed by atoms with E-state index in [4.69, 9.17) is 9.47 Å². The second-order valence-electron chi connectivity index (χ2n) is 14.2. The second-order valence-corrected chi connectivity index (χ2v) is 14.2. The van der Waals surface area contributed by atoms with Gasteiger partial charge in [0.15, 0.2) is 5.79 Å². The van der Waals surface area contributed by atoms with Crippen molar-refractivity contribution in [2.45, 2.75) is 181 Å². The molecule has 2 N–H and O–H groups in total. The minimum absolute atomic E-state index is 0.0222. The van der Waals surface area contributed by atoms with Gasteiger partial charge in [-0.15, -0.1) is 0 Å². The highest BCUT2D eigenvalue weighted by Crippen LogP contribution is 2.37. The van der Waals surface area contributed by atoms with Gasteiger partial charge in [-0.25, -0.2) is 0 Å². The summed E-state index contributed by atoms with van der Waals surface area (Å²) in [6, 6.07) is -0.438. The van der Waals surface area contributed by atoms with Crippen LogP contribution in [0.4, 0.5) is 0 Å². The summed E-state index contributed by atoms with van der Waals surface area (Å²) in [5.74, 6) is -2.04. The molecule has 1 aliphatic heterocycles. The van der Waals surface area contributed by atoms with Crippen LogP contribution < -0.4 is 5.32 Å². The number of carboxylic acid groups (broad SMARTS) is 1. The lowest BCUT2D eigenvalue weighted by Crippen LogP contribution is -2.62. The monoisotopic (exact) mass is 620 g/mol. The molecule has 8 nitrogen and oxygen atoms in total. The zero-order valence-electron chi connectivity index (χ0n) is 28.7. The van der Waals surface area contributed by atoms with Crippen LogP contribution >= 0.6 is 0 Å². The average Bonchev–Trinajstić information content (AvgIpc) is 2.97. The molecule has 8 heteroatoms. The Hall–Kier alpha value is -1.93. The SMILES string of the molecule is CCCCCCCC/C=C\CCCCCCCC(=O)N[C@@H]1CCCC[C@H]1N(CCC(=O)O)C(=O)C1OC(C)(C)OCC1(C)C. The third-order valence-corrected chi connectivity index (χ3v) is 9.12. The van der Waals surface area contributed by atoms with Crippen molar-refractivity contribution in [2.75, 3.05) is 13.2 Å². The highest BCUT2D eigenvalue weighted by molar-refractivity contribution is 5.83. The molecule has 1 heterocycles. The van der Waals surface area contributed by atoms with Crippen LogP contribution in [0.5, 0.6) is 0 Å². The fraction of sp³-hybridized carbons (Fsp3) is 0.861. The van der Waals surface area contributed by atoms with Crippen LogP contribution in [0.2, 0.25) is 0 Å². The van der Waals surface area contributed by atoms with Gasteiger partial charge in [0.1, 0.15) is 6.10 Å². The van der Waals surface area contributed by atoms with Crippen molar-refractivity contribution < 1.29 is 29.0 Å². The average molecular weight is 621 g/mol. The van der Waals surface area contributed by atoms with E-state index in [1.54, 1.807) is 18.7 Å². The molecule has 1 saturated heterocycles. The Morgan fingerprint density at radius 2 is 1.43 bits per heavy atom. The first-order chi connectivity index (χ1) is 21.0. The Kier molecular flexibility index (Phi) is 17.6. The number of hydrogen-bond donors (Lipinski definition) is 2. The van der Waals surface area contributed by atoms with Crippen LogP contribution in [-0.4, -0.2) is 64.9 Å². The molecule has 2 rings (SSSR count). The minimum Gasteiger partial charge on any atom is -0.481 e. The maximum atomic E-state index is 14.0. The number of hydrogen-bond acceptors (Lipinski definition) is 5. The van der Waals surface area contributed by atoms with Gasteiger partial charge >= 0.3 is 5.97 Å². The molecule has 0 aromatic carbocycles. The standard InChI is InChI=1S/C36H64N2O6/c1-6-7-8-9-10-11-12-13-14-15-16-17-18-19-20-25-31(39)37-29-23-21-22-24-30(29)38(27-26-32(40)41)34(42)33-35(2,3)28-43-36(4,5)44-33/h13-14,29-30,33H,6-12,15-28H2,1-5H3,(H,37,39)(H,40,41)/b14-13-/t29-,30-,33?/m1/s1. The van der Waals surface area contributed by atoms with Crippen molar-refractivity contribution in [3.63, 3.8) is 0 Å². The number of carboxylic acids is 1. The molecular formula is C36H64N2O6. The van der Waals surface area contributed by atoms with Crippen molar-refractivity contribution in [2.24, 2.45) is 5.41 Å². The molecular weight excluding hydrogens is 556 g/mol. The summed E-state index contributed by atoms with van der Waals surface area (Å²) in [4.78, 5) is 40.2. The molecule has 2 fully saturated rings. The van der Waals surface area contributed by atoms with E-state index >= 15 is 0 Å². The van der Waals surface area contributed by atoms with Gasteiger partial charge in [-0.2, -0.15) is 0 Å². The van der Waals surface area contributed by atoms with Crippen molar-refractivity contribution in [3.8, 4) is 0 Å². The number of nitrogens with zero attached hydrogens (tertiary/aromatic N) is 1. The lowest BCUT2D eigenvalue weighted by Gasteiger charge is -2.48. The van der Waals surface area contributed by atoms with Gasteiger partial charge in [-0.3, -0.25) is 14.4 Å². The number of ether oxygens (including phenoxy) is 2. The summed E-state index contributed by atoms with van der Waals surface area (Å²) in [7, 11) is 0. The quantitative estimate of drug-likeness (QED) is 0.0997. The number of allylic oxidation sites excluding steroid dienone is 2. The Balaban J connectivity index is 1.78. The molecule has 3 atom stereocenters. The molecule has 44 heavy (non-hydrogen) atoms. The van der Waals surface area contributed by atoms with E-state index in [0.29, 0.717) is 13.0 Å². The van der Waals surface area contributed by atoms with Gasteiger partial charge in [-0.1, -0.05) is 97.1 Å². The van der Waals surface area contributed by atoms with Crippen molar-refractivity contribution in [3.05, 3.63) is 12.2 Å². The van der Waals surface area contributed by atoms with Gasteiger partial charge in [0.2, 0.25) is 5.91 Å². The van der Waals surface area contributed by atoms with Crippen molar-refractivity contribution in [1.29, 1.82) is 0 Å². The Labute approximate surface area is 268 Å². The molecule has 0 aromatic rings. The van der Waals surface area contributed by atoms with E-state index < -0.39 is 23.3 Å². The van der Waals surface area contributed by atoms with E-state index in [-0.39, 0.29) is 36.9 Å². The molecule has 2 amide bonds. The van der Waals surface area contributed by atoms with Gasteiger partial charge in [0.25, 0.3) is 5.91 Å². The molecule has 2 aliphatic rings. The maximum absolute atomic E-state index is 14.0. The molecule has 0 bridgehead atoms. The smallest absolute Gasteiger partial charge is 0.305 e. The Morgan fingerprint density at radius 1 is 0.841 bits per heavy atom. The highest BCUT2D eigenvalue weighted by Gasteiger charge is 2.48. The molecule has 0 spiro atoms. The summed E-state index contributed by atoms with van der Waals surface area (Å²) in [5.41, 5.74) is -0.564. The predicted octanol–water partition coefficient (Wildman–Crippen LogP) is 7.93.